The second-order valence-electron chi connectivity index (χ2n) is 8.10. The Morgan fingerprint density at radius 3 is 2.49 bits per heavy atom. The Hall–Kier alpha value is -3.87. The van der Waals surface area contributed by atoms with Crippen LogP contribution in [0, 0.1) is 6.92 Å². The molecule has 0 aliphatic heterocycles. The second kappa shape index (κ2) is 9.41. The number of aryl methyl sites for hydroxylation is 1. The first-order valence-electron chi connectivity index (χ1n) is 10.8. The summed E-state index contributed by atoms with van der Waals surface area (Å²) >= 11 is 12.1. The van der Waals surface area contributed by atoms with Gasteiger partial charge in [-0.05, 0) is 48.9 Å². The van der Waals surface area contributed by atoms with Gasteiger partial charge < -0.3 is 9.84 Å². The smallest absolute Gasteiger partial charge is 0.354 e. The number of rotatable bonds is 5. The van der Waals surface area contributed by atoms with Crippen molar-refractivity contribution >= 4 is 28.8 Å². The summed E-state index contributed by atoms with van der Waals surface area (Å²) in [5, 5.41) is 12.1. The number of halogens is 2. The van der Waals surface area contributed by atoms with Crippen LogP contribution in [-0.2, 0) is 6.54 Å². The summed E-state index contributed by atoms with van der Waals surface area (Å²) < 4.78 is 9.08. The highest BCUT2D eigenvalue weighted by Crippen LogP contribution is 2.27. The molecule has 0 bridgehead atoms. The fraction of sp³-hybridized carbons (Fsp3) is 0.0741. The Morgan fingerprint density at radius 2 is 1.77 bits per heavy atom. The average Bonchev–Trinajstić information content (AvgIpc) is 2.85. The predicted molar refractivity (Wildman–Crippen MR) is 136 cm³/mol. The zero-order chi connectivity index (χ0) is 24.5. The Bertz CT molecular complexity index is 1600. The van der Waals surface area contributed by atoms with E-state index < -0.39 is 5.56 Å². The summed E-state index contributed by atoms with van der Waals surface area (Å²) in [6.07, 6.45) is 3.24. The molecule has 6 nitrogen and oxygen atoms in total. The first-order valence-corrected chi connectivity index (χ1v) is 11.6. The molecule has 5 rings (SSSR count). The molecular formula is C27H20Cl2N3O3+. The minimum atomic E-state index is -0.403. The average molecular weight is 505 g/mol. The van der Waals surface area contributed by atoms with E-state index in [1.54, 1.807) is 59.4 Å². The van der Waals surface area contributed by atoms with Crippen LogP contribution in [-0.4, -0.2) is 14.5 Å². The Kier molecular flexibility index (Phi) is 6.16. The van der Waals surface area contributed by atoms with Crippen LogP contribution in [0.3, 0.4) is 0 Å². The number of hydrogen-bond acceptors (Lipinski definition) is 4. The fourth-order valence-corrected chi connectivity index (χ4v) is 4.16. The van der Waals surface area contributed by atoms with E-state index in [9.17, 15) is 9.90 Å². The third-order valence-corrected chi connectivity index (χ3v) is 6.05. The van der Waals surface area contributed by atoms with Gasteiger partial charge in [-0.2, -0.15) is 8.97 Å². The minimum absolute atomic E-state index is 0.124. The lowest BCUT2D eigenvalue weighted by molar-refractivity contribution is -0.671. The van der Waals surface area contributed by atoms with Crippen molar-refractivity contribution in [3.63, 3.8) is 0 Å². The molecule has 0 aliphatic rings. The van der Waals surface area contributed by atoms with Crippen LogP contribution in [0.25, 0.3) is 16.8 Å². The minimum Gasteiger partial charge on any atom is -0.477 e. The van der Waals surface area contributed by atoms with E-state index in [0.29, 0.717) is 32.9 Å². The molecule has 8 heteroatoms. The first-order chi connectivity index (χ1) is 16.9. The Labute approximate surface area is 211 Å². The molecule has 0 aliphatic carbocycles. The monoisotopic (exact) mass is 504 g/mol. The number of pyridine rings is 2. The number of aromatic nitrogens is 3. The van der Waals surface area contributed by atoms with Crippen molar-refractivity contribution in [3.8, 4) is 28.5 Å². The maximum atomic E-state index is 13.6. The van der Waals surface area contributed by atoms with Crippen LogP contribution in [0.1, 0.15) is 11.1 Å². The molecule has 2 aromatic carbocycles. The van der Waals surface area contributed by atoms with E-state index in [0.717, 1.165) is 11.1 Å². The summed E-state index contributed by atoms with van der Waals surface area (Å²) in [4.78, 5) is 17.7. The van der Waals surface area contributed by atoms with Gasteiger partial charge in [0, 0.05) is 22.8 Å². The van der Waals surface area contributed by atoms with Gasteiger partial charge in [-0.1, -0.05) is 59.1 Å². The lowest BCUT2D eigenvalue weighted by Crippen LogP contribution is -2.41. The number of nitrogens with zero attached hydrogens (tertiary/aromatic N) is 3. The van der Waals surface area contributed by atoms with Crippen LogP contribution in [0.15, 0.2) is 90.0 Å². The largest absolute Gasteiger partial charge is 0.477 e. The van der Waals surface area contributed by atoms with Gasteiger partial charge in [0.1, 0.15) is 23.6 Å². The maximum absolute atomic E-state index is 13.6. The molecule has 0 spiro atoms. The number of ether oxygens (including phenoxy) is 1. The van der Waals surface area contributed by atoms with Crippen LogP contribution in [0.4, 0.5) is 0 Å². The van der Waals surface area contributed by atoms with Gasteiger partial charge >= 0.3 is 5.56 Å². The van der Waals surface area contributed by atoms with Crippen LogP contribution < -0.4 is 14.9 Å². The van der Waals surface area contributed by atoms with Gasteiger partial charge in [0.25, 0.3) is 11.5 Å². The molecule has 5 aromatic rings. The molecule has 0 fully saturated rings. The van der Waals surface area contributed by atoms with Crippen molar-refractivity contribution in [2.75, 3.05) is 0 Å². The Morgan fingerprint density at radius 1 is 1.00 bits per heavy atom. The van der Waals surface area contributed by atoms with Crippen LogP contribution >= 0.6 is 23.2 Å². The molecule has 35 heavy (non-hydrogen) atoms. The summed E-state index contributed by atoms with van der Waals surface area (Å²) in [6.45, 7) is 2.25. The van der Waals surface area contributed by atoms with Gasteiger partial charge in [0.2, 0.25) is 0 Å². The van der Waals surface area contributed by atoms with E-state index in [1.165, 1.54) is 4.40 Å². The van der Waals surface area contributed by atoms with Gasteiger partial charge in [-0.3, -0.25) is 0 Å². The van der Waals surface area contributed by atoms with E-state index in [4.69, 9.17) is 27.9 Å². The highest BCUT2D eigenvalue weighted by molar-refractivity contribution is 6.30. The highest BCUT2D eigenvalue weighted by atomic mass is 35.5. The predicted octanol–water partition coefficient (Wildman–Crippen LogP) is 5.81. The van der Waals surface area contributed by atoms with Crippen molar-refractivity contribution in [1.82, 2.24) is 9.38 Å². The third-order valence-electron chi connectivity index (χ3n) is 5.59. The summed E-state index contributed by atoms with van der Waals surface area (Å²) in [7, 11) is 0. The van der Waals surface area contributed by atoms with Crippen molar-refractivity contribution in [1.29, 1.82) is 0 Å². The number of fused-ring (bicyclic) bond motifs is 1. The number of hydrogen-bond donors (Lipinski definition) is 1. The summed E-state index contributed by atoms with van der Waals surface area (Å²) in [5.74, 6) is 0.947. The van der Waals surface area contributed by atoms with Gasteiger partial charge in [0.15, 0.2) is 11.3 Å². The number of aromatic hydroxyl groups is 1. The van der Waals surface area contributed by atoms with Crippen molar-refractivity contribution in [3.05, 3.63) is 117 Å². The normalized spacial score (nSPS) is 11.1. The zero-order valence-corrected chi connectivity index (χ0v) is 20.2. The SMILES string of the molecule is Cc1ccc(Oc2ccc3n(c2)c(=O)c(-c2cccc(Cl)c2)c(O)[n+]3Cc2ccc(Cl)nc2)cc1. The van der Waals surface area contributed by atoms with E-state index >= 15 is 0 Å². The lowest BCUT2D eigenvalue weighted by Gasteiger charge is -2.12. The van der Waals surface area contributed by atoms with Gasteiger partial charge in [-0.15, -0.1) is 0 Å². The van der Waals surface area contributed by atoms with Crippen LogP contribution in [0.2, 0.25) is 10.2 Å². The molecule has 3 heterocycles. The molecule has 174 valence electrons. The molecular weight excluding hydrogens is 485 g/mol. The third kappa shape index (κ3) is 4.71. The zero-order valence-electron chi connectivity index (χ0n) is 18.7. The lowest BCUT2D eigenvalue weighted by atomic mass is 10.1. The van der Waals surface area contributed by atoms with E-state index in [1.807, 2.05) is 37.3 Å². The van der Waals surface area contributed by atoms with Crippen molar-refractivity contribution < 1.29 is 14.4 Å². The molecule has 0 radical (unpaired) electrons. The van der Waals surface area contributed by atoms with Gasteiger partial charge in [-0.25, -0.2) is 9.78 Å². The van der Waals surface area contributed by atoms with Crippen molar-refractivity contribution in [2.45, 2.75) is 13.5 Å². The maximum Gasteiger partial charge on any atom is 0.354 e. The molecule has 0 atom stereocenters. The number of benzene rings is 2. The van der Waals surface area contributed by atoms with Crippen LogP contribution in [0.5, 0.6) is 17.4 Å². The molecule has 0 saturated carbocycles. The fourth-order valence-electron chi connectivity index (χ4n) is 3.85. The Balaban J connectivity index is 1.70. The van der Waals surface area contributed by atoms with Gasteiger partial charge in [0.05, 0.1) is 0 Å². The summed E-state index contributed by atoms with van der Waals surface area (Å²) in [6, 6.07) is 21.4. The highest BCUT2D eigenvalue weighted by Gasteiger charge is 2.26. The van der Waals surface area contributed by atoms with E-state index in [2.05, 4.69) is 4.98 Å². The molecule has 1 N–H and O–H groups in total. The standard InChI is InChI=1S/C27H19Cl2N3O3/c1-17-5-8-21(9-6-17)35-22-10-12-24-31(15-18-7-11-23(29)30-14-18)26(33)25(27(34)32(24)16-22)19-3-2-4-20(28)13-19/h2-14,16H,15H2,1H3/p+1. The topological polar surface area (TPSA) is 67.7 Å². The molecule has 3 aromatic heterocycles. The second-order valence-corrected chi connectivity index (χ2v) is 8.92. The molecule has 0 saturated heterocycles. The molecule has 0 amide bonds. The first kappa shape index (κ1) is 22.9. The summed E-state index contributed by atoms with van der Waals surface area (Å²) in [5.41, 5.74) is 2.62. The quantitative estimate of drug-likeness (QED) is 0.242. The van der Waals surface area contributed by atoms with Crippen molar-refractivity contribution in [2.24, 2.45) is 0 Å². The van der Waals surface area contributed by atoms with E-state index in [-0.39, 0.29) is 18.0 Å². The molecule has 0 unspecified atom stereocenters.